The molecule has 0 saturated carbocycles. The van der Waals surface area contributed by atoms with Gasteiger partial charge in [-0.3, -0.25) is 19.8 Å². The third kappa shape index (κ3) is 5.95. The minimum absolute atomic E-state index is 0.229. The van der Waals surface area contributed by atoms with Crippen molar-refractivity contribution in [2.24, 2.45) is 12.0 Å². The number of benzene rings is 2. The predicted molar refractivity (Wildman–Crippen MR) is 135 cm³/mol. The van der Waals surface area contributed by atoms with Gasteiger partial charge in [0.1, 0.15) is 0 Å². The van der Waals surface area contributed by atoms with E-state index in [9.17, 15) is 4.79 Å². The summed E-state index contributed by atoms with van der Waals surface area (Å²) in [5, 5.41) is 10.6. The van der Waals surface area contributed by atoms with Crippen LogP contribution < -0.4 is 20.1 Å². The summed E-state index contributed by atoms with van der Waals surface area (Å²) in [4.78, 5) is 17.7. The fraction of sp³-hybridized carbons (Fsp3) is 0.346. The van der Waals surface area contributed by atoms with Crippen molar-refractivity contribution in [3.63, 3.8) is 0 Å². The van der Waals surface area contributed by atoms with Crippen molar-refractivity contribution in [2.45, 2.75) is 34.1 Å². The van der Waals surface area contributed by atoms with Crippen LogP contribution in [0.2, 0.25) is 0 Å². The van der Waals surface area contributed by atoms with Crippen LogP contribution in [0.15, 0.2) is 41.4 Å². The topological polar surface area (TPSA) is 89.8 Å². The van der Waals surface area contributed by atoms with Crippen LogP contribution in [0.5, 0.6) is 11.5 Å². The summed E-state index contributed by atoms with van der Waals surface area (Å²) in [6, 6.07) is 11.2. The van der Waals surface area contributed by atoms with Crippen LogP contribution in [-0.4, -0.2) is 42.4 Å². The van der Waals surface area contributed by atoms with E-state index in [1.54, 1.807) is 26.4 Å². The number of carbonyl (C=O) groups is 1. The molecule has 2 N–H and O–H groups in total. The molecule has 0 aliphatic heterocycles. The number of aryl methyl sites for hydroxylation is 4. The Labute approximate surface area is 201 Å². The summed E-state index contributed by atoms with van der Waals surface area (Å²) < 4.78 is 12.6. The number of guanidine groups is 1. The Hall–Kier alpha value is -3.81. The third-order valence-corrected chi connectivity index (χ3v) is 5.65. The first-order valence-corrected chi connectivity index (χ1v) is 11.1. The summed E-state index contributed by atoms with van der Waals surface area (Å²) in [6.45, 7) is 8.47. The van der Waals surface area contributed by atoms with Crippen LogP contribution in [0.25, 0.3) is 0 Å². The minimum atomic E-state index is -0.229. The van der Waals surface area contributed by atoms with Gasteiger partial charge in [0, 0.05) is 36.6 Å². The number of carbonyl (C=O) groups excluding carboxylic acids is 1. The molecule has 0 fully saturated rings. The van der Waals surface area contributed by atoms with E-state index in [4.69, 9.17) is 9.47 Å². The molecule has 180 valence electrons. The second-order valence-corrected chi connectivity index (χ2v) is 8.28. The van der Waals surface area contributed by atoms with Crippen molar-refractivity contribution in [1.29, 1.82) is 0 Å². The summed E-state index contributed by atoms with van der Waals surface area (Å²) in [5.74, 6) is 1.32. The average Bonchev–Trinajstić information content (AvgIpc) is 3.04. The third-order valence-electron chi connectivity index (χ3n) is 5.65. The second-order valence-electron chi connectivity index (χ2n) is 8.28. The molecule has 0 unspecified atom stereocenters. The van der Waals surface area contributed by atoms with E-state index < -0.39 is 0 Å². The van der Waals surface area contributed by atoms with Gasteiger partial charge in [-0.25, -0.2) is 0 Å². The molecule has 3 aromatic rings. The smallest absolute Gasteiger partial charge is 0.257 e. The van der Waals surface area contributed by atoms with Gasteiger partial charge in [-0.15, -0.1) is 0 Å². The molecule has 0 aliphatic rings. The van der Waals surface area contributed by atoms with E-state index >= 15 is 0 Å². The van der Waals surface area contributed by atoms with Crippen LogP contribution in [0.3, 0.4) is 0 Å². The van der Waals surface area contributed by atoms with Gasteiger partial charge in [0.25, 0.3) is 5.91 Å². The molecular formula is C26H33N5O3. The first-order valence-electron chi connectivity index (χ1n) is 11.1. The van der Waals surface area contributed by atoms with E-state index in [2.05, 4.69) is 20.7 Å². The molecule has 0 radical (unpaired) electrons. The van der Waals surface area contributed by atoms with Gasteiger partial charge >= 0.3 is 0 Å². The average molecular weight is 464 g/mol. The zero-order valence-electron chi connectivity index (χ0n) is 20.9. The molecule has 0 atom stereocenters. The first kappa shape index (κ1) is 24.8. The molecule has 34 heavy (non-hydrogen) atoms. The van der Waals surface area contributed by atoms with Gasteiger partial charge in [0.05, 0.1) is 19.9 Å². The maximum atomic E-state index is 13.0. The Morgan fingerprint density at radius 2 is 1.68 bits per heavy atom. The number of amides is 1. The Bertz CT molecular complexity index is 1190. The van der Waals surface area contributed by atoms with E-state index in [1.807, 2.05) is 63.7 Å². The van der Waals surface area contributed by atoms with E-state index in [0.29, 0.717) is 41.7 Å². The zero-order valence-corrected chi connectivity index (χ0v) is 20.9. The van der Waals surface area contributed by atoms with Crippen LogP contribution in [0.1, 0.15) is 38.4 Å². The highest BCUT2D eigenvalue weighted by Gasteiger charge is 2.13. The van der Waals surface area contributed by atoms with Gasteiger partial charge in [0.2, 0.25) is 5.96 Å². The molecule has 1 heterocycles. The van der Waals surface area contributed by atoms with Crippen LogP contribution in [0.4, 0.5) is 5.69 Å². The first-order chi connectivity index (χ1) is 16.2. The van der Waals surface area contributed by atoms with Crippen molar-refractivity contribution in [3.05, 3.63) is 70.0 Å². The summed E-state index contributed by atoms with van der Waals surface area (Å²) in [7, 11) is 5.10. The Morgan fingerprint density at radius 1 is 1.00 bits per heavy atom. The van der Waals surface area contributed by atoms with Crippen molar-refractivity contribution in [1.82, 2.24) is 15.1 Å². The van der Waals surface area contributed by atoms with Gasteiger partial charge in [-0.05, 0) is 63.9 Å². The normalized spacial score (nSPS) is 11.3. The fourth-order valence-corrected chi connectivity index (χ4v) is 3.91. The van der Waals surface area contributed by atoms with Gasteiger partial charge < -0.3 is 14.8 Å². The van der Waals surface area contributed by atoms with Gasteiger partial charge in [-0.2, -0.15) is 5.10 Å². The largest absolute Gasteiger partial charge is 0.493 e. The van der Waals surface area contributed by atoms with Crippen LogP contribution >= 0.6 is 0 Å². The zero-order chi connectivity index (χ0) is 24.8. The van der Waals surface area contributed by atoms with Crippen LogP contribution in [-0.2, 0) is 13.5 Å². The predicted octanol–water partition coefficient (Wildman–Crippen LogP) is 4.11. The van der Waals surface area contributed by atoms with Crippen molar-refractivity contribution >= 4 is 17.6 Å². The van der Waals surface area contributed by atoms with Crippen molar-refractivity contribution in [2.75, 3.05) is 26.1 Å². The SMILES string of the molecule is COc1ccc(NC(=NCCc2c(C)nn(C)c2C)NC(=O)c2cc(C)cc(C)c2)cc1OC. The van der Waals surface area contributed by atoms with Crippen LogP contribution in [0, 0.1) is 27.7 Å². The number of aromatic nitrogens is 2. The van der Waals surface area contributed by atoms with E-state index in [0.717, 1.165) is 28.1 Å². The highest BCUT2D eigenvalue weighted by atomic mass is 16.5. The molecule has 0 saturated heterocycles. The lowest BCUT2D eigenvalue weighted by Gasteiger charge is -2.14. The Kier molecular flexibility index (Phi) is 7.94. The summed E-state index contributed by atoms with van der Waals surface area (Å²) >= 11 is 0. The number of nitrogens with zero attached hydrogens (tertiary/aromatic N) is 3. The lowest BCUT2D eigenvalue weighted by Crippen LogP contribution is -2.36. The number of anilines is 1. The molecule has 8 heteroatoms. The van der Waals surface area contributed by atoms with Gasteiger partial charge in [-0.1, -0.05) is 17.2 Å². The van der Waals surface area contributed by atoms with Gasteiger partial charge in [0.15, 0.2) is 11.5 Å². The minimum Gasteiger partial charge on any atom is -0.493 e. The molecule has 1 aromatic heterocycles. The molecule has 1 amide bonds. The van der Waals surface area contributed by atoms with Crippen molar-refractivity contribution in [3.8, 4) is 11.5 Å². The molecule has 0 aliphatic carbocycles. The number of nitrogens with one attached hydrogen (secondary N) is 2. The number of aliphatic imine (C=N–C) groups is 1. The lowest BCUT2D eigenvalue weighted by molar-refractivity contribution is 0.0976. The molecule has 3 rings (SSSR count). The quantitative estimate of drug-likeness (QED) is 0.407. The Morgan fingerprint density at radius 3 is 2.26 bits per heavy atom. The molecule has 0 bridgehead atoms. The standard InChI is InChI=1S/C26H33N5O3/c1-16-12-17(2)14-20(13-16)25(32)29-26(27-11-10-22-18(3)30-31(5)19(22)4)28-21-8-9-23(33-6)24(15-21)34-7/h8-9,12-15H,10-11H2,1-7H3,(H2,27,28,29,32). The number of hydrogen-bond acceptors (Lipinski definition) is 5. The monoisotopic (exact) mass is 463 g/mol. The summed E-state index contributed by atoms with van der Waals surface area (Å²) in [6.07, 6.45) is 0.710. The molecule has 0 spiro atoms. The maximum absolute atomic E-state index is 13.0. The fourth-order valence-electron chi connectivity index (χ4n) is 3.91. The van der Waals surface area contributed by atoms with E-state index in [1.165, 1.54) is 0 Å². The number of rotatable bonds is 7. The summed E-state index contributed by atoms with van der Waals surface area (Å²) in [5.41, 5.74) is 6.62. The highest BCUT2D eigenvalue weighted by molar-refractivity contribution is 6.10. The lowest BCUT2D eigenvalue weighted by atomic mass is 10.1. The maximum Gasteiger partial charge on any atom is 0.257 e. The Balaban J connectivity index is 1.85. The second kappa shape index (κ2) is 10.9. The number of hydrogen-bond donors (Lipinski definition) is 2. The molecular weight excluding hydrogens is 430 g/mol. The molecule has 8 nitrogen and oxygen atoms in total. The van der Waals surface area contributed by atoms with Crippen molar-refractivity contribution < 1.29 is 14.3 Å². The van der Waals surface area contributed by atoms with E-state index in [-0.39, 0.29) is 5.91 Å². The molecule has 2 aromatic carbocycles. The number of ether oxygens (including phenoxy) is 2. The number of methoxy groups -OCH3 is 2. The highest BCUT2D eigenvalue weighted by Crippen LogP contribution is 2.29.